The number of ether oxygens (including phenoxy) is 1. The van der Waals surface area contributed by atoms with E-state index in [-0.39, 0.29) is 29.8 Å². The Morgan fingerprint density at radius 3 is 2.57 bits per heavy atom. The van der Waals surface area contributed by atoms with Gasteiger partial charge in [-0.2, -0.15) is 0 Å². The highest BCUT2D eigenvalue weighted by atomic mass is 19.1. The van der Waals surface area contributed by atoms with E-state index in [1.165, 1.54) is 24.5 Å². The predicted octanol–water partition coefficient (Wildman–Crippen LogP) is 5.69. The molecule has 0 amide bonds. The number of carboxylic acids is 1. The van der Waals surface area contributed by atoms with Crippen LogP contribution in [0, 0.1) is 24.5 Å². The third kappa shape index (κ3) is 4.99. The largest absolute Gasteiger partial charge is 0.481 e. The van der Waals surface area contributed by atoms with E-state index in [0.29, 0.717) is 39.6 Å². The monoisotopic (exact) mass is 478 g/mol. The van der Waals surface area contributed by atoms with Gasteiger partial charge in [-0.25, -0.2) is 23.7 Å². The maximum atomic E-state index is 15.0. The van der Waals surface area contributed by atoms with Gasteiger partial charge < -0.3 is 14.8 Å². The lowest BCUT2D eigenvalue weighted by atomic mass is 9.85. The quantitative estimate of drug-likeness (QED) is 0.369. The first kappa shape index (κ1) is 22.9. The highest BCUT2D eigenvalue weighted by Gasteiger charge is 2.24. The van der Waals surface area contributed by atoms with Gasteiger partial charge in [0.15, 0.2) is 0 Å². The van der Waals surface area contributed by atoms with Crippen molar-refractivity contribution in [3.8, 4) is 28.5 Å². The van der Waals surface area contributed by atoms with Gasteiger partial charge >= 0.3 is 5.97 Å². The fraction of sp³-hybridized carbons (Fsp3) is 0.308. The zero-order chi connectivity index (χ0) is 24.5. The van der Waals surface area contributed by atoms with Crippen LogP contribution in [0.5, 0.6) is 5.88 Å². The number of benzene rings is 2. The molecule has 1 saturated carbocycles. The Labute approximate surface area is 200 Å². The van der Waals surface area contributed by atoms with Crippen molar-refractivity contribution in [2.24, 2.45) is 5.92 Å². The van der Waals surface area contributed by atoms with Crippen molar-refractivity contribution in [2.45, 2.75) is 45.1 Å². The Kier molecular flexibility index (Phi) is 6.15. The molecule has 0 atom stereocenters. The molecule has 0 spiro atoms. The second kappa shape index (κ2) is 9.40. The van der Waals surface area contributed by atoms with E-state index in [2.05, 4.69) is 19.9 Å². The number of halogens is 2. The summed E-state index contributed by atoms with van der Waals surface area (Å²) in [7, 11) is 0. The SMILES string of the molecule is Cc1cc2[nH]c(-c3ccc(-c4cnc(O[C@H]5CC[C@@H](CC(=O)O)CC5)cn4)cc3F)nc2cc1F. The van der Waals surface area contributed by atoms with Gasteiger partial charge in [-0.1, -0.05) is 6.07 Å². The molecule has 2 N–H and O–H groups in total. The Balaban J connectivity index is 1.27. The summed E-state index contributed by atoms with van der Waals surface area (Å²) in [5.74, 6) is -0.701. The molecule has 0 bridgehead atoms. The van der Waals surface area contributed by atoms with Crippen LogP contribution in [0.2, 0.25) is 0 Å². The molecule has 4 aromatic rings. The number of rotatable bonds is 6. The van der Waals surface area contributed by atoms with Crippen molar-refractivity contribution in [1.29, 1.82) is 0 Å². The smallest absolute Gasteiger partial charge is 0.303 e. The minimum atomic E-state index is -0.761. The first-order valence-electron chi connectivity index (χ1n) is 11.5. The minimum absolute atomic E-state index is 0.0157. The van der Waals surface area contributed by atoms with Gasteiger partial charge in [-0.15, -0.1) is 0 Å². The van der Waals surface area contributed by atoms with Crippen molar-refractivity contribution in [2.75, 3.05) is 0 Å². The molecular weight excluding hydrogens is 454 g/mol. The number of aryl methyl sites for hydroxylation is 1. The average Bonchev–Trinajstić information content (AvgIpc) is 3.23. The van der Waals surface area contributed by atoms with Gasteiger partial charge in [0.2, 0.25) is 5.88 Å². The Morgan fingerprint density at radius 1 is 1.09 bits per heavy atom. The number of nitrogens with zero attached hydrogens (tertiary/aromatic N) is 3. The molecule has 180 valence electrons. The van der Waals surface area contributed by atoms with Crippen LogP contribution in [0.1, 0.15) is 37.7 Å². The average molecular weight is 478 g/mol. The van der Waals surface area contributed by atoms with Gasteiger partial charge in [-0.05, 0) is 62.3 Å². The number of aliphatic carboxylic acids is 1. The molecule has 35 heavy (non-hydrogen) atoms. The van der Waals surface area contributed by atoms with E-state index < -0.39 is 11.8 Å². The lowest BCUT2D eigenvalue weighted by molar-refractivity contribution is -0.138. The Bertz CT molecular complexity index is 1340. The van der Waals surface area contributed by atoms with Gasteiger partial charge in [-0.3, -0.25) is 4.79 Å². The lowest BCUT2D eigenvalue weighted by Gasteiger charge is -2.27. The molecule has 5 rings (SSSR count). The molecule has 9 heteroatoms. The van der Waals surface area contributed by atoms with Crippen LogP contribution in [0.15, 0.2) is 42.7 Å². The number of carboxylic acid groups (broad SMARTS) is 1. The Morgan fingerprint density at radius 2 is 1.89 bits per heavy atom. The summed E-state index contributed by atoms with van der Waals surface area (Å²) in [6.07, 6.45) is 6.42. The third-order valence-electron chi connectivity index (χ3n) is 6.45. The van der Waals surface area contributed by atoms with E-state index >= 15 is 0 Å². The molecule has 0 aliphatic heterocycles. The van der Waals surface area contributed by atoms with Crippen molar-refractivity contribution in [3.63, 3.8) is 0 Å². The molecule has 2 heterocycles. The number of hydrogen-bond donors (Lipinski definition) is 2. The molecule has 0 saturated heterocycles. The molecule has 1 aliphatic rings. The Hall–Kier alpha value is -3.88. The van der Waals surface area contributed by atoms with Crippen LogP contribution < -0.4 is 4.74 Å². The lowest BCUT2D eigenvalue weighted by Crippen LogP contribution is -2.25. The second-order valence-electron chi connectivity index (χ2n) is 9.00. The number of H-pyrrole nitrogens is 1. The van der Waals surface area contributed by atoms with E-state index in [0.717, 1.165) is 25.7 Å². The summed E-state index contributed by atoms with van der Waals surface area (Å²) in [6, 6.07) is 7.67. The number of imidazole rings is 1. The van der Waals surface area contributed by atoms with E-state index in [1.54, 1.807) is 25.1 Å². The zero-order valence-electron chi connectivity index (χ0n) is 19.1. The van der Waals surface area contributed by atoms with E-state index in [9.17, 15) is 13.6 Å². The topological polar surface area (TPSA) is 101 Å². The highest BCUT2D eigenvalue weighted by molar-refractivity contribution is 5.80. The summed E-state index contributed by atoms with van der Waals surface area (Å²) in [5, 5.41) is 8.94. The molecule has 1 aliphatic carbocycles. The van der Waals surface area contributed by atoms with Gasteiger partial charge in [0.05, 0.1) is 34.7 Å². The van der Waals surface area contributed by atoms with Crippen LogP contribution in [-0.2, 0) is 4.79 Å². The van der Waals surface area contributed by atoms with Crippen LogP contribution in [0.3, 0.4) is 0 Å². The van der Waals surface area contributed by atoms with Crippen LogP contribution in [0.4, 0.5) is 8.78 Å². The molecular formula is C26H24F2N4O3. The normalized spacial score (nSPS) is 18.0. The number of aromatic amines is 1. The summed E-state index contributed by atoms with van der Waals surface area (Å²) >= 11 is 0. The van der Waals surface area contributed by atoms with Crippen LogP contribution in [-0.4, -0.2) is 37.1 Å². The number of nitrogens with one attached hydrogen (secondary N) is 1. The number of aromatic nitrogens is 4. The first-order chi connectivity index (χ1) is 16.9. The maximum absolute atomic E-state index is 15.0. The molecule has 0 radical (unpaired) electrons. The molecule has 1 fully saturated rings. The van der Waals surface area contributed by atoms with Crippen LogP contribution in [0.25, 0.3) is 33.7 Å². The fourth-order valence-corrected chi connectivity index (χ4v) is 4.53. The van der Waals surface area contributed by atoms with Crippen molar-refractivity contribution >= 4 is 17.0 Å². The maximum Gasteiger partial charge on any atom is 0.303 e. The zero-order valence-corrected chi connectivity index (χ0v) is 19.1. The second-order valence-corrected chi connectivity index (χ2v) is 9.00. The standard InChI is InChI=1S/C26H24F2N4O3/c1-14-8-21-22(11-19(14)27)32-26(31-21)18-7-4-16(10-20(18)28)23-12-30-24(13-29-23)35-17-5-2-15(3-6-17)9-25(33)34/h4,7-8,10-13,15,17H,2-3,5-6,9H2,1H3,(H,31,32)(H,33,34)/t15-,17+. The number of carbonyl (C=O) groups is 1. The first-order valence-corrected chi connectivity index (χ1v) is 11.5. The predicted molar refractivity (Wildman–Crippen MR) is 126 cm³/mol. The summed E-state index contributed by atoms with van der Waals surface area (Å²) in [5.41, 5.74) is 2.88. The highest BCUT2D eigenvalue weighted by Crippen LogP contribution is 2.30. The van der Waals surface area contributed by atoms with Gasteiger partial charge in [0.1, 0.15) is 23.6 Å². The van der Waals surface area contributed by atoms with Gasteiger partial charge in [0.25, 0.3) is 0 Å². The molecule has 7 nitrogen and oxygen atoms in total. The molecule has 2 aromatic carbocycles. The minimum Gasteiger partial charge on any atom is -0.481 e. The van der Waals surface area contributed by atoms with E-state index in [1.807, 2.05) is 0 Å². The van der Waals surface area contributed by atoms with Crippen molar-refractivity contribution in [1.82, 2.24) is 19.9 Å². The number of fused-ring (bicyclic) bond motifs is 1. The van der Waals surface area contributed by atoms with Gasteiger partial charge in [0, 0.05) is 18.1 Å². The third-order valence-corrected chi connectivity index (χ3v) is 6.45. The summed E-state index contributed by atoms with van der Waals surface area (Å²) < 4.78 is 34.7. The molecule has 2 aromatic heterocycles. The summed E-state index contributed by atoms with van der Waals surface area (Å²) in [4.78, 5) is 26.9. The van der Waals surface area contributed by atoms with Crippen molar-refractivity contribution in [3.05, 3.63) is 59.9 Å². The van der Waals surface area contributed by atoms with Crippen molar-refractivity contribution < 1.29 is 23.4 Å². The fourth-order valence-electron chi connectivity index (χ4n) is 4.53. The van der Waals surface area contributed by atoms with E-state index in [4.69, 9.17) is 9.84 Å². The molecule has 0 unspecified atom stereocenters. The van der Waals surface area contributed by atoms with Crippen LogP contribution >= 0.6 is 0 Å². The number of hydrogen-bond acceptors (Lipinski definition) is 5. The summed E-state index contributed by atoms with van der Waals surface area (Å²) in [6.45, 7) is 1.66.